The minimum Gasteiger partial charge on any atom is -0.493 e. The van der Waals surface area contributed by atoms with Crippen LogP contribution in [0.25, 0.3) is 0 Å². The number of allylic oxidation sites excluding steroid dienone is 3. The van der Waals surface area contributed by atoms with Crippen LogP contribution in [0, 0.1) is 0 Å². The van der Waals surface area contributed by atoms with Crippen molar-refractivity contribution in [3.05, 3.63) is 68.5 Å². The van der Waals surface area contributed by atoms with Gasteiger partial charge < -0.3 is 29.0 Å². The Labute approximate surface area is 237 Å². The minimum atomic E-state index is -0.624. The third-order valence-corrected chi connectivity index (χ3v) is 7.74. The zero-order valence-electron chi connectivity index (χ0n) is 23.1. The van der Waals surface area contributed by atoms with Crippen LogP contribution in [0.1, 0.15) is 56.1 Å². The van der Waals surface area contributed by atoms with E-state index in [1.54, 1.807) is 28.4 Å². The molecule has 39 heavy (non-hydrogen) atoms. The molecule has 2 atom stereocenters. The second kappa shape index (κ2) is 12.2. The summed E-state index contributed by atoms with van der Waals surface area (Å²) >= 11 is 3.57. The van der Waals surface area contributed by atoms with Gasteiger partial charge in [0.25, 0.3) is 0 Å². The lowest BCUT2D eigenvalue weighted by Crippen LogP contribution is -2.36. The van der Waals surface area contributed by atoms with E-state index in [0.29, 0.717) is 63.8 Å². The predicted octanol–water partition coefficient (Wildman–Crippen LogP) is 5.80. The molecule has 0 unspecified atom stereocenters. The first-order valence-electron chi connectivity index (χ1n) is 12.8. The smallest absolute Gasteiger partial charge is 0.336 e. The van der Waals surface area contributed by atoms with Crippen molar-refractivity contribution in [3.63, 3.8) is 0 Å². The summed E-state index contributed by atoms with van der Waals surface area (Å²) in [6, 6.07) is 9.43. The molecule has 0 aromatic heterocycles. The third-order valence-electron chi connectivity index (χ3n) is 7.15. The first kappa shape index (κ1) is 28.5. The van der Waals surface area contributed by atoms with Crippen LogP contribution < -0.4 is 24.3 Å². The number of hydrogen-bond donors (Lipinski definition) is 1. The molecule has 8 nitrogen and oxygen atoms in total. The number of halogens is 1. The van der Waals surface area contributed by atoms with E-state index in [0.717, 1.165) is 16.8 Å². The molecule has 2 aromatic carbocycles. The molecule has 1 heterocycles. The van der Waals surface area contributed by atoms with E-state index >= 15 is 0 Å². The molecule has 1 aliphatic carbocycles. The second-order valence-electron chi connectivity index (χ2n) is 9.51. The highest BCUT2D eigenvalue weighted by molar-refractivity contribution is 9.10. The molecule has 0 bridgehead atoms. The summed E-state index contributed by atoms with van der Waals surface area (Å²) in [4.78, 5) is 27.3. The number of ketones is 1. The average molecular weight is 601 g/mol. The lowest BCUT2D eigenvalue weighted by atomic mass is 9.71. The van der Waals surface area contributed by atoms with Gasteiger partial charge in [-0.05, 0) is 77.0 Å². The van der Waals surface area contributed by atoms with Gasteiger partial charge in [0.1, 0.15) is 0 Å². The van der Waals surface area contributed by atoms with Gasteiger partial charge in [0, 0.05) is 29.3 Å². The number of hydrogen-bond acceptors (Lipinski definition) is 8. The summed E-state index contributed by atoms with van der Waals surface area (Å²) in [5, 5.41) is 3.39. The maximum Gasteiger partial charge on any atom is 0.336 e. The SMILES string of the molecule is CCCOC(=O)C1=C(C)NC2=C(C(=O)C[C@H](c3ccc(OC)c(OC)c3)C2)[C@@H]1c1cc(Br)c(OC)c(OC)c1. The van der Waals surface area contributed by atoms with Crippen molar-refractivity contribution in [2.75, 3.05) is 35.0 Å². The largest absolute Gasteiger partial charge is 0.493 e. The molecule has 2 aromatic rings. The van der Waals surface area contributed by atoms with E-state index in [1.807, 2.05) is 44.2 Å². The van der Waals surface area contributed by atoms with Crippen LogP contribution in [-0.4, -0.2) is 46.8 Å². The molecule has 0 fully saturated rings. The van der Waals surface area contributed by atoms with Crippen molar-refractivity contribution in [2.45, 2.75) is 44.9 Å². The Morgan fingerprint density at radius 2 is 1.64 bits per heavy atom. The van der Waals surface area contributed by atoms with Crippen LogP contribution in [0.2, 0.25) is 0 Å². The van der Waals surface area contributed by atoms with Crippen LogP contribution in [0.5, 0.6) is 23.0 Å². The van der Waals surface area contributed by atoms with Gasteiger partial charge in [-0.3, -0.25) is 4.79 Å². The Morgan fingerprint density at radius 1 is 0.949 bits per heavy atom. The lowest BCUT2D eigenvalue weighted by Gasteiger charge is -2.37. The number of esters is 1. The Bertz CT molecular complexity index is 1350. The predicted molar refractivity (Wildman–Crippen MR) is 151 cm³/mol. The molecule has 0 saturated carbocycles. The maximum atomic E-state index is 13.9. The highest BCUT2D eigenvalue weighted by atomic mass is 79.9. The number of Topliss-reactive ketones (excluding diaryl/α,β-unsaturated/α-hetero) is 1. The van der Waals surface area contributed by atoms with E-state index in [1.165, 1.54) is 0 Å². The summed E-state index contributed by atoms with van der Waals surface area (Å²) in [5.74, 6) is 1.10. The molecule has 4 rings (SSSR count). The van der Waals surface area contributed by atoms with Crippen molar-refractivity contribution in [1.29, 1.82) is 0 Å². The standard InChI is InChI=1S/C30H34BrNO7/c1-7-10-39-30(34)26-16(2)32-21-12-18(17-8-9-23(35-3)24(14-17)36-4)13-22(33)28(21)27(26)19-11-20(31)29(38-6)25(15-19)37-5/h8-9,11,14-15,18,27,32H,7,10,12-13H2,1-6H3/t18-,27-/m1/s1. The molecule has 9 heteroatoms. The molecule has 208 valence electrons. The van der Waals surface area contributed by atoms with E-state index in [4.69, 9.17) is 23.7 Å². The van der Waals surface area contributed by atoms with Gasteiger partial charge in [0.05, 0.1) is 45.1 Å². The average Bonchev–Trinajstić information content (AvgIpc) is 2.93. The molecule has 1 N–H and O–H groups in total. The fourth-order valence-electron chi connectivity index (χ4n) is 5.36. The van der Waals surface area contributed by atoms with Crippen molar-refractivity contribution < 1.29 is 33.3 Å². The number of carbonyl (C=O) groups is 2. The van der Waals surface area contributed by atoms with Crippen molar-refractivity contribution in [1.82, 2.24) is 5.32 Å². The Hall–Kier alpha value is -3.46. The van der Waals surface area contributed by atoms with Gasteiger partial charge in [0.15, 0.2) is 28.8 Å². The Morgan fingerprint density at radius 3 is 2.28 bits per heavy atom. The fourth-order valence-corrected chi connectivity index (χ4v) is 5.98. The van der Waals surface area contributed by atoms with Crippen LogP contribution in [0.4, 0.5) is 0 Å². The quantitative estimate of drug-likeness (QED) is 0.362. The maximum absolute atomic E-state index is 13.9. The molecule has 0 amide bonds. The van der Waals surface area contributed by atoms with Gasteiger partial charge in [0.2, 0.25) is 0 Å². The summed E-state index contributed by atoms with van der Waals surface area (Å²) < 4.78 is 28.2. The van der Waals surface area contributed by atoms with Crippen molar-refractivity contribution >= 4 is 27.7 Å². The monoisotopic (exact) mass is 599 g/mol. The molecule has 0 spiro atoms. The third kappa shape index (κ3) is 5.50. The molecular weight excluding hydrogens is 566 g/mol. The topological polar surface area (TPSA) is 92.3 Å². The van der Waals surface area contributed by atoms with E-state index in [9.17, 15) is 9.59 Å². The molecule has 2 aliphatic rings. The zero-order valence-corrected chi connectivity index (χ0v) is 24.7. The van der Waals surface area contributed by atoms with Crippen LogP contribution in [0.3, 0.4) is 0 Å². The number of benzene rings is 2. The normalized spacial score (nSPS) is 18.8. The summed E-state index contributed by atoms with van der Waals surface area (Å²) in [5.41, 5.74) is 4.15. The number of nitrogens with one attached hydrogen (secondary N) is 1. The highest BCUT2D eigenvalue weighted by Crippen LogP contribution is 2.49. The van der Waals surface area contributed by atoms with Crippen molar-refractivity contribution in [3.8, 4) is 23.0 Å². The lowest BCUT2D eigenvalue weighted by molar-refractivity contribution is -0.139. The number of ether oxygens (including phenoxy) is 5. The van der Waals surface area contributed by atoms with Gasteiger partial charge in [-0.2, -0.15) is 0 Å². The van der Waals surface area contributed by atoms with Gasteiger partial charge >= 0.3 is 5.97 Å². The van der Waals surface area contributed by atoms with E-state index in [2.05, 4.69) is 21.2 Å². The second-order valence-corrected chi connectivity index (χ2v) is 10.4. The van der Waals surface area contributed by atoms with E-state index in [-0.39, 0.29) is 18.1 Å². The molecule has 0 radical (unpaired) electrons. The summed E-state index contributed by atoms with van der Waals surface area (Å²) in [6.45, 7) is 4.08. The summed E-state index contributed by atoms with van der Waals surface area (Å²) in [7, 11) is 6.30. The number of carbonyl (C=O) groups excluding carboxylic acids is 2. The zero-order chi connectivity index (χ0) is 28.3. The molecule has 1 aliphatic heterocycles. The van der Waals surface area contributed by atoms with Crippen molar-refractivity contribution in [2.24, 2.45) is 0 Å². The first-order valence-corrected chi connectivity index (χ1v) is 13.6. The first-order chi connectivity index (χ1) is 18.8. The van der Waals surface area contributed by atoms with Gasteiger partial charge in [-0.1, -0.05) is 13.0 Å². The number of dihydropyridines is 1. The Balaban J connectivity index is 1.83. The minimum absolute atomic E-state index is 0.0345. The Kier molecular flexibility index (Phi) is 8.90. The fraction of sp³-hybridized carbons (Fsp3) is 0.400. The van der Waals surface area contributed by atoms with Crippen LogP contribution in [-0.2, 0) is 14.3 Å². The number of methoxy groups -OCH3 is 4. The molecular formula is C30H34BrNO7. The van der Waals surface area contributed by atoms with Gasteiger partial charge in [-0.25, -0.2) is 4.79 Å². The highest BCUT2D eigenvalue weighted by Gasteiger charge is 2.42. The van der Waals surface area contributed by atoms with E-state index < -0.39 is 11.9 Å². The van der Waals surface area contributed by atoms with Crippen LogP contribution in [0.15, 0.2) is 57.3 Å². The number of rotatable bonds is 9. The van der Waals surface area contributed by atoms with Gasteiger partial charge in [-0.15, -0.1) is 0 Å². The molecule has 0 saturated heterocycles. The van der Waals surface area contributed by atoms with Crippen LogP contribution >= 0.6 is 15.9 Å². The summed E-state index contributed by atoms with van der Waals surface area (Å²) in [6.07, 6.45) is 1.57.